The molecule has 1 unspecified atom stereocenters. The molecule has 0 spiro atoms. The van der Waals surface area contributed by atoms with Crippen molar-refractivity contribution in [1.82, 2.24) is 19.1 Å². The molecule has 1 aromatic rings. The topological polar surface area (TPSA) is 132 Å². The Labute approximate surface area is 175 Å². The number of hydrogen-bond donors (Lipinski definition) is 3. The van der Waals surface area contributed by atoms with Gasteiger partial charge in [-0.2, -0.15) is 17.0 Å². The lowest BCUT2D eigenvalue weighted by molar-refractivity contribution is -0.129. The maximum absolute atomic E-state index is 13.2. The fourth-order valence-corrected chi connectivity index (χ4v) is 5.63. The van der Waals surface area contributed by atoms with Crippen LogP contribution in [-0.2, 0) is 19.8 Å². The van der Waals surface area contributed by atoms with Crippen molar-refractivity contribution in [3.05, 3.63) is 10.6 Å². The molecule has 3 N–H and O–H groups in total. The summed E-state index contributed by atoms with van der Waals surface area (Å²) in [7, 11) is -4.07. The monoisotopic (exact) mass is 447 g/mol. The van der Waals surface area contributed by atoms with Crippen LogP contribution in [0, 0.1) is 19.8 Å². The number of hydrogen-bond acceptors (Lipinski definition) is 7. The molecule has 2 heterocycles. The van der Waals surface area contributed by atoms with Gasteiger partial charge in [-0.3, -0.25) is 14.8 Å². The fourth-order valence-electron chi connectivity index (χ4n) is 3.02. The SMILES string of the molecule is Cc1nc(NC(=O)C2CCCN2S(=O)(=O)N(CCC(C)C)CC(=O)NO)sc1C. The van der Waals surface area contributed by atoms with Gasteiger partial charge in [0.15, 0.2) is 5.13 Å². The lowest BCUT2D eigenvalue weighted by Crippen LogP contribution is -2.52. The molecule has 1 aliphatic rings. The van der Waals surface area contributed by atoms with Crippen LogP contribution in [0.2, 0.25) is 0 Å². The van der Waals surface area contributed by atoms with Crippen LogP contribution < -0.4 is 10.8 Å². The molecule has 29 heavy (non-hydrogen) atoms. The van der Waals surface area contributed by atoms with Gasteiger partial charge in [-0.05, 0) is 39.0 Å². The highest BCUT2D eigenvalue weighted by molar-refractivity contribution is 7.86. The molecule has 0 aliphatic carbocycles. The lowest BCUT2D eigenvalue weighted by Gasteiger charge is -2.30. The van der Waals surface area contributed by atoms with E-state index in [-0.39, 0.29) is 19.0 Å². The van der Waals surface area contributed by atoms with Gasteiger partial charge >= 0.3 is 0 Å². The minimum Gasteiger partial charge on any atom is -0.301 e. The minimum absolute atomic E-state index is 0.114. The van der Waals surface area contributed by atoms with E-state index in [9.17, 15) is 18.0 Å². The summed E-state index contributed by atoms with van der Waals surface area (Å²) in [5, 5.41) is 12.0. The molecule has 164 valence electrons. The second-order valence-corrected chi connectivity index (χ2v) is 10.6. The number of amides is 2. The number of carbonyl (C=O) groups excluding carboxylic acids is 2. The Morgan fingerprint density at radius 1 is 1.38 bits per heavy atom. The van der Waals surface area contributed by atoms with Crippen LogP contribution in [0.25, 0.3) is 0 Å². The molecule has 2 amide bonds. The Bertz CT molecular complexity index is 820. The number of hydroxylamine groups is 1. The highest BCUT2D eigenvalue weighted by Gasteiger charge is 2.42. The number of carbonyl (C=O) groups is 2. The zero-order valence-corrected chi connectivity index (χ0v) is 18.8. The van der Waals surface area contributed by atoms with E-state index in [0.29, 0.717) is 24.4 Å². The zero-order chi connectivity index (χ0) is 21.8. The van der Waals surface area contributed by atoms with Crippen LogP contribution in [0.4, 0.5) is 5.13 Å². The van der Waals surface area contributed by atoms with Crippen molar-refractivity contribution in [1.29, 1.82) is 0 Å². The third-order valence-corrected chi connectivity index (χ3v) is 7.77. The maximum Gasteiger partial charge on any atom is 0.283 e. The average molecular weight is 448 g/mol. The third kappa shape index (κ3) is 5.95. The van der Waals surface area contributed by atoms with Gasteiger partial charge in [0.05, 0.1) is 12.2 Å². The molecule has 1 atom stereocenters. The molecule has 10 nitrogen and oxygen atoms in total. The zero-order valence-electron chi connectivity index (χ0n) is 17.1. The molecule has 0 radical (unpaired) electrons. The molecule has 0 saturated carbocycles. The van der Waals surface area contributed by atoms with Gasteiger partial charge in [-0.1, -0.05) is 13.8 Å². The van der Waals surface area contributed by atoms with Crippen molar-refractivity contribution >= 4 is 38.5 Å². The first-order valence-electron chi connectivity index (χ1n) is 9.51. The normalized spacial score (nSPS) is 17.8. The Kier molecular flexibility index (Phi) is 8.11. The Morgan fingerprint density at radius 3 is 2.62 bits per heavy atom. The van der Waals surface area contributed by atoms with Crippen molar-refractivity contribution in [2.24, 2.45) is 5.92 Å². The second-order valence-electron chi connectivity index (χ2n) is 7.48. The van der Waals surface area contributed by atoms with Gasteiger partial charge < -0.3 is 5.32 Å². The molecule has 0 bridgehead atoms. The summed E-state index contributed by atoms with van der Waals surface area (Å²) < 4.78 is 28.6. The smallest absolute Gasteiger partial charge is 0.283 e. The summed E-state index contributed by atoms with van der Waals surface area (Å²) in [5.74, 6) is -1.04. The van der Waals surface area contributed by atoms with E-state index in [1.807, 2.05) is 27.7 Å². The quantitative estimate of drug-likeness (QED) is 0.386. The van der Waals surface area contributed by atoms with E-state index < -0.39 is 34.6 Å². The van der Waals surface area contributed by atoms with Gasteiger partial charge in [-0.25, -0.2) is 10.5 Å². The standard InChI is InChI=1S/C17H29N5O5S2/c1-11(2)7-9-21(10-15(23)20-25)29(26,27)22-8-5-6-14(22)16(24)19-17-18-12(3)13(4)28-17/h11,14,25H,5-10H2,1-4H3,(H,20,23)(H,18,19,24). The van der Waals surface area contributed by atoms with Crippen molar-refractivity contribution < 1.29 is 23.2 Å². The molecule has 1 aliphatic heterocycles. The lowest BCUT2D eigenvalue weighted by atomic mass is 10.1. The van der Waals surface area contributed by atoms with Crippen LogP contribution >= 0.6 is 11.3 Å². The molecule has 1 fully saturated rings. The molecular formula is C17H29N5O5S2. The van der Waals surface area contributed by atoms with Gasteiger partial charge in [0, 0.05) is 18.0 Å². The predicted octanol–water partition coefficient (Wildman–Crippen LogP) is 1.26. The third-order valence-electron chi connectivity index (χ3n) is 4.79. The van der Waals surface area contributed by atoms with Crippen molar-refractivity contribution in [2.75, 3.05) is 25.0 Å². The molecule has 2 rings (SSSR count). The fraction of sp³-hybridized carbons (Fsp3) is 0.706. The van der Waals surface area contributed by atoms with E-state index in [2.05, 4.69) is 10.3 Å². The van der Waals surface area contributed by atoms with Crippen LogP contribution in [0.1, 0.15) is 43.7 Å². The minimum atomic E-state index is -4.07. The molecule has 1 aromatic heterocycles. The number of nitrogens with one attached hydrogen (secondary N) is 2. The van der Waals surface area contributed by atoms with Crippen molar-refractivity contribution in [2.45, 2.75) is 53.0 Å². The van der Waals surface area contributed by atoms with Crippen LogP contribution in [-0.4, -0.2) is 64.7 Å². The van der Waals surface area contributed by atoms with Crippen LogP contribution in [0.5, 0.6) is 0 Å². The average Bonchev–Trinajstić information content (AvgIpc) is 3.25. The number of rotatable bonds is 9. The second kappa shape index (κ2) is 9.94. The summed E-state index contributed by atoms with van der Waals surface area (Å²) >= 11 is 1.34. The Balaban J connectivity index is 2.19. The number of aryl methyl sites for hydroxylation is 2. The van der Waals surface area contributed by atoms with Gasteiger partial charge in [0.2, 0.25) is 5.91 Å². The van der Waals surface area contributed by atoms with E-state index >= 15 is 0 Å². The first-order valence-corrected chi connectivity index (χ1v) is 11.7. The molecule has 0 aromatic carbocycles. The van der Waals surface area contributed by atoms with Crippen LogP contribution in [0.15, 0.2) is 0 Å². The van der Waals surface area contributed by atoms with E-state index in [1.165, 1.54) is 16.8 Å². The van der Waals surface area contributed by atoms with Gasteiger partial charge in [0.1, 0.15) is 6.04 Å². The maximum atomic E-state index is 13.2. The summed E-state index contributed by atoms with van der Waals surface area (Å²) in [6, 6.07) is -0.872. The predicted molar refractivity (Wildman–Crippen MR) is 110 cm³/mol. The van der Waals surface area contributed by atoms with E-state index in [1.54, 1.807) is 0 Å². The number of aromatic nitrogens is 1. The Hall–Kier alpha value is -1.60. The largest absolute Gasteiger partial charge is 0.301 e. The number of nitrogens with zero attached hydrogens (tertiary/aromatic N) is 3. The van der Waals surface area contributed by atoms with Gasteiger partial charge in [0.25, 0.3) is 16.1 Å². The molecule has 1 saturated heterocycles. The van der Waals surface area contributed by atoms with Crippen LogP contribution in [0.3, 0.4) is 0 Å². The van der Waals surface area contributed by atoms with Crippen molar-refractivity contribution in [3.63, 3.8) is 0 Å². The molecule has 12 heteroatoms. The first-order chi connectivity index (χ1) is 13.6. The van der Waals surface area contributed by atoms with Gasteiger partial charge in [-0.15, -0.1) is 11.3 Å². The summed E-state index contributed by atoms with van der Waals surface area (Å²) in [4.78, 5) is 29.7. The highest BCUT2D eigenvalue weighted by Crippen LogP contribution is 2.27. The number of thiazole rings is 1. The summed E-state index contributed by atoms with van der Waals surface area (Å²) in [5.41, 5.74) is 2.29. The van der Waals surface area contributed by atoms with E-state index in [0.717, 1.165) is 19.2 Å². The summed E-state index contributed by atoms with van der Waals surface area (Å²) in [6.45, 7) is 7.42. The van der Waals surface area contributed by atoms with Crippen molar-refractivity contribution in [3.8, 4) is 0 Å². The Morgan fingerprint density at radius 2 is 2.07 bits per heavy atom. The summed E-state index contributed by atoms with van der Waals surface area (Å²) in [6.07, 6.45) is 1.47. The first kappa shape index (κ1) is 23.7. The van der Waals surface area contributed by atoms with E-state index in [4.69, 9.17) is 5.21 Å². The molecular weight excluding hydrogens is 418 g/mol. The number of anilines is 1. The highest BCUT2D eigenvalue weighted by atomic mass is 32.2.